The number of rotatable bonds is 5. The topological polar surface area (TPSA) is 97.1 Å². The van der Waals surface area contributed by atoms with Crippen LogP contribution in [0.25, 0.3) is 0 Å². The Kier molecular flexibility index (Phi) is 5.52. The highest BCUT2D eigenvalue weighted by molar-refractivity contribution is 6.01. The van der Waals surface area contributed by atoms with Crippen molar-refractivity contribution in [1.82, 2.24) is 10.3 Å². The first-order valence-electron chi connectivity index (χ1n) is 7.76. The summed E-state index contributed by atoms with van der Waals surface area (Å²) in [5.74, 6) is -0.262. The van der Waals surface area contributed by atoms with Crippen LogP contribution in [-0.2, 0) is 4.79 Å². The third kappa shape index (κ3) is 4.55. The van der Waals surface area contributed by atoms with Crippen LogP contribution in [0, 0.1) is 12.8 Å². The van der Waals surface area contributed by atoms with E-state index in [-0.39, 0.29) is 17.7 Å². The van der Waals surface area contributed by atoms with Gasteiger partial charge in [0.05, 0.1) is 11.9 Å². The van der Waals surface area contributed by atoms with Gasteiger partial charge in [-0.05, 0) is 37.1 Å². The fraction of sp³-hybridized carbons (Fsp3) is 0.278. The number of nitrogens with one attached hydrogen (secondary N) is 2. The molecule has 0 aliphatic carbocycles. The van der Waals surface area contributed by atoms with Crippen LogP contribution in [0.5, 0.6) is 0 Å². The largest absolute Gasteiger partial charge is 0.384 e. The average molecular weight is 326 g/mol. The average Bonchev–Trinajstić information content (AvgIpc) is 2.54. The van der Waals surface area contributed by atoms with Crippen molar-refractivity contribution in [1.29, 1.82) is 0 Å². The molecule has 1 unspecified atom stereocenters. The smallest absolute Gasteiger partial charge is 0.251 e. The second-order valence-corrected chi connectivity index (χ2v) is 6.03. The number of aryl methyl sites for hydroxylation is 1. The van der Waals surface area contributed by atoms with Crippen molar-refractivity contribution in [3.8, 4) is 0 Å². The van der Waals surface area contributed by atoms with Crippen LogP contribution in [0.2, 0.25) is 0 Å². The molecular weight excluding hydrogens is 304 g/mol. The van der Waals surface area contributed by atoms with Gasteiger partial charge in [-0.3, -0.25) is 9.59 Å². The lowest BCUT2D eigenvalue weighted by atomic mass is 10.0. The molecule has 0 radical (unpaired) electrons. The SMILES string of the molecule is Cc1cccc(C(=O)NC(C(=O)Nc2ccc(N)nc2)C(C)C)c1. The van der Waals surface area contributed by atoms with Crippen LogP contribution in [0.4, 0.5) is 11.5 Å². The first-order valence-corrected chi connectivity index (χ1v) is 7.76. The summed E-state index contributed by atoms with van der Waals surface area (Å²) in [5, 5.41) is 5.54. The summed E-state index contributed by atoms with van der Waals surface area (Å²) in [6, 6.07) is 9.85. The number of amides is 2. The molecule has 0 saturated carbocycles. The van der Waals surface area contributed by atoms with E-state index in [2.05, 4.69) is 15.6 Å². The number of nitrogens with two attached hydrogens (primary N) is 1. The van der Waals surface area contributed by atoms with Crippen molar-refractivity contribution in [3.63, 3.8) is 0 Å². The van der Waals surface area contributed by atoms with E-state index in [4.69, 9.17) is 5.73 Å². The van der Waals surface area contributed by atoms with E-state index in [0.717, 1.165) is 5.56 Å². The van der Waals surface area contributed by atoms with Gasteiger partial charge in [0.1, 0.15) is 11.9 Å². The maximum atomic E-state index is 12.5. The highest BCUT2D eigenvalue weighted by Crippen LogP contribution is 2.11. The van der Waals surface area contributed by atoms with Gasteiger partial charge in [-0.1, -0.05) is 31.5 Å². The molecule has 0 fully saturated rings. The number of carbonyl (C=O) groups is 2. The molecule has 1 atom stereocenters. The summed E-state index contributed by atoms with van der Waals surface area (Å²) in [7, 11) is 0. The van der Waals surface area contributed by atoms with Crippen molar-refractivity contribution in [2.75, 3.05) is 11.1 Å². The Hall–Kier alpha value is -2.89. The Balaban J connectivity index is 2.09. The molecule has 1 aromatic carbocycles. The Bertz CT molecular complexity index is 726. The quantitative estimate of drug-likeness (QED) is 0.786. The number of nitrogen functional groups attached to an aromatic ring is 1. The van der Waals surface area contributed by atoms with Crippen molar-refractivity contribution < 1.29 is 9.59 Å². The van der Waals surface area contributed by atoms with Gasteiger partial charge in [0.2, 0.25) is 5.91 Å². The number of nitrogens with zero attached hydrogens (tertiary/aromatic N) is 1. The number of aromatic nitrogens is 1. The summed E-state index contributed by atoms with van der Waals surface area (Å²) in [6.45, 7) is 5.67. The van der Waals surface area contributed by atoms with Gasteiger partial charge in [-0.15, -0.1) is 0 Å². The fourth-order valence-corrected chi connectivity index (χ4v) is 2.25. The van der Waals surface area contributed by atoms with Gasteiger partial charge in [-0.25, -0.2) is 4.98 Å². The number of benzene rings is 1. The molecule has 4 N–H and O–H groups in total. The number of hydrogen-bond acceptors (Lipinski definition) is 4. The summed E-state index contributed by atoms with van der Waals surface area (Å²) < 4.78 is 0. The second kappa shape index (κ2) is 7.59. The third-order valence-electron chi connectivity index (χ3n) is 3.57. The minimum absolute atomic E-state index is 0.0690. The Morgan fingerprint density at radius 1 is 1.17 bits per heavy atom. The van der Waals surface area contributed by atoms with E-state index in [0.29, 0.717) is 17.1 Å². The van der Waals surface area contributed by atoms with Gasteiger partial charge < -0.3 is 16.4 Å². The normalized spacial score (nSPS) is 11.8. The number of hydrogen-bond donors (Lipinski definition) is 3. The first-order chi connectivity index (χ1) is 11.4. The highest BCUT2D eigenvalue weighted by atomic mass is 16.2. The molecule has 1 heterocycles. The molecule has 126 valence electrons. The molecule has 0 saturated heterocycles. The third-order valence-corrected chi connectivity index (χ3v) is 3.57. The van der Waals surface area contributed by atoms with E-state index in [1.54, 1.807) is 24.3 Å². The fourth-order valence-electron chi connectivity index (χ4n) is 2.25. The van der Waals surface area contributed by atoms with E-state index in [9.17, 15) is 9.59 Å². The zero-order valence-corrected chi connectivity index (χ0v) is 14.0. The van der Waals surface area contributed by atoms with E-state index in [1.165, 1.54) is 6.20 Å². The summed E-state index contributed by atoms with van der Waals surface area (Å²) in [5.41, 5.74) is 7.58. The molecule has 0 aliphatic heterocycles. The molecule has 1 aromatic heterocycles. The first kappa shape index (κ1) is 17.5. The van der Waals surface area contributed by atoms with Gasteiger partial charge in [0, 0.05) is 5.56 Å². The van der Waals surface area contributed by atoms with Crippen LogP contribution in [0.15, 0.2) is 42.6 Å². The van der Waals surface area contributed by atoms with Crippen LogP contribution in [-0.4, -0.2) is 22.8 Å². The van der Waals surface area contributed by atoms with Crippen LogP contribution in [0.3, 0.4) is 0 Å². The minimum atomic E-state index is -0.657. The molecule has 2 rings (SSSR count). The predicted molar refractivity (Wildman–Crippen MR) is 94.6 cm³/mol. The molecule has 0 bridgehead atoms. The van der Waals surface area contributed by atoms with Crippen LogP contribution >= 0.6 is 0 Å². The summed E-state index contributed by atoms with van der Waals surface area (Å²) in [6.07, 6.45) is 1.48. The van der Waals surface area contributed by atoms with Crippen LogP contribution in [0.1, 0.15) is 29.8 Å². The maximum absolute atomic E-state index is 12.5. The lowest BCUT2D eigenvalue weighted by Gasteiger charge is -2.21. The molecular formula is C18H22N4O2. The minimum Gasteiger partial charge on any atom is -0.384 e. The number of anilines is 2. The Morgan fingerprint density at radius 3 is 2.50 bits per heavy atom. The highest BCUT2D eigenvalue weighted by Gasteiger charge is 2.24. The molecule has 6 heteroatoms. The predicted octanol–water partition coefficient (Wildman–Crippen LogP) is 2.37. The van der Waals surface area contributed by atoms with E-state index < -0.39 is 6.04 Å². The Labute approximate surface area is 141 Å². The van der Waals surface area contributed by atoms with Gasteiger partial charge in [-0.2, -0.15) is 0 Å². The van der Waals surface area contributed by atoms with Crippen molar-refractivity contribution in [2.24, 2.45) is 5.92 Å². The summed E-state index contributed by atoms with van der Waals surface area (Å²) in [4.78, 5) is 28.8. The monoisotopic (exact) mass is 326 g/mol. The number of carbonyl (C=O) groups excluding carboxylic acids is 2. The van der Waals surface area contributed by atoms with E-state index >= 15 is 0 Å². The molecule has 0 aliphatic rings. The molecule has 24 heavy (non-hydrogen) atoms. The van der Waals surface area contributed by atoms with Crippen LogP contribution < -0.4 is 16.4 Å². The van der Waals surface area contributed by atoms with E-state index in [1.807, 2.05) is 32.9 Å². The van der Waals surface area contributed by atoms with Gasteiger partial charge in [0.25, 0.3) is 5.91 Å². The van der Waals surface area contributed by atoms with Crippen molar-refractivity contribution in [3.05, 3.63) is 53.7 Å². The second-order valence-electron chi connectivity index (χ2n) is 6.03. The Morgan fingerprint density at radius 2 is 1.92 bits per heavy atom. The zero-order valence-electron chi connectivity index (χ0n) is 14.0. The zero-order chi connectivity index (χ0) is 17.7. The molecule has 0 spiro atoms. The molecule has 2 amide bonds. The van der Waals surface area contributed by atoms with Crippen molar-refractivity contribution >= 4 is 23.3 Å². The number of pyridine rings is 1. The summed E-state index contributed by atoms with van der Waals surface area (Å²) >= 11 is 0. The van der Waals surface area contributed by atoms with Crippen molar-refractivity contribution in [2.45, 2.75) is 26.8 Å². The standard InChI is InChI=1S/C18H22N4O2/c1-11(2)16(18(24)21-14-7-8-15(19)20-10-14)22-17(23)13-6-4-5-12(3)9-13/h4-11,16H,1-3H3,(H2,19,20)(H,21,24)(H,22,23). The van der Waals surface area contributed by atoms with Gasteiger partial charge >= 0.3 is 0 Å². The lowest BCUT2D eigenvalue weighted by molar-refractivity contribution is -0.118. The molecule has 2 aromatic rings. The molecule has 6 nitrogen and oxygen atoms in total. The lowest BCUT2D eigenvalue weighted by Crippen LogP contribution is -2.47. The maximum Gasteiger partial charge on any atom is 0.251 e. The van der Waals surface area contributed by atoms with Gasteiger partial charge in [0.15, 0.2) is 0 Å².